The van der Waals surface area contributed by atoms with Crippen LogP contribution in [-0.4, -0.2) is 9.82 Å². The maximum absolute atomic E-state index is 9.83. The molecule has 2 unspecified atom stereocenters. The van der Waals surface area contributed by atoms with Crippen LogP contribution < -0.4 is 0 Å². The molecule has 0 saturated carbocycles. The first-order valence-electron chi connectivity index (χ1n) is 12.2. The van der Waals surface area contributed by atoms with Crippen molar-refractivity contribution in [1.29, 1.82) is 10.5 Å². The highest BCUT2D eigenvalue weighted by molar-refractivity contribution is 8.00. The molecule has 0 saturated heterocycles. The van der Waals surface area contributed by atoms with Gasteiger partial charge in [0.25, 0.3) is 0 Å². The molecule has 2 aliphatic rings. The summed E-state index contributed by atoms with van der Waals surface area (Å²) in [4.78, 5) is 1.32. The Kier molecular flexibility index (Phi) is 4.78. The quantitative estimate of drug-likeness (QED) is 0.257. The molecule has 0 radical (unpaired) electrons. The second-order valence-electron chi connectivity index (χ2n) is 9.47. The first-order chi connectivity index (χ1) is 17.8. The van der Waals surface area contributed by atoms with Crippen molar-refractivity contribution >= 4 is 33.6 Å². The lowest BCUT2D eigenvalue weighted by atomic mass is 9.84. The Morgan fingerprint density at radius 3 is 2.56 bits per heavy atom. The molecule has 5 aromatic rings. The fourth-order valence-electron chi connectivity index (χ4n) is 5.96. The number of aromatic nitrogens is 1. The normalized spacial score (nSPS) is 18.3. The van der Waals surface area contributed by atoms with E-state index in [9.17, 15) is 10.5 Å². The SMILES string of the molecule is N#CC1=CC2Sc3cc(-c4ccccc4-n4c5ccccc5c5c(C#N)cccc54)ccc3C2CC1. The van der Waals surface area contributed by atoms with E-state index >= 15 is 0 Å². The number of benzene rings is 4. The summed E-state index contributed by atoms with van der Waals surface area (Å²) in [7, 11) is 0. The molecule has 3 nitrogen and oxygen atoms in total. The molecule has 0 spiro atoms. The Balaban J connectivity index is 1.42. The topological polar surface area (TPSA) is 52.5 Å². The van der Waals surface area contributed by atoms with E-state index in [1.54, 1.807) is 0 Å². The molecule has 7 rings (SSSR count). The van der Waals surface area contributed by atoms with Crippen molar-refractivity contribution < 1.29 is 0 Å². The lowest BCUT2D eigenvalue weighted by Crippen LogP contribution is -2.13. The molecule has 2 atom stereocenters. The highest BCUT2D eigenvalue weighted by atomic mass is 32.2. The van der Waals surface area contributed by atoms with Gasteiger partial charge in [-0.05, 0) is 54.3 Å². The molecule has 0 fully saturated rings. The van der Waals surface area contributed by atoms with E-state index in [-0.39, 0.29) is 0 Å². The van der Waals surface area contributed by atoms with Gasteiger partial charge in [0.05, 0.1) is 34.4 Å². The van der Waals surface area contributed by atoms with Gasteiger partial charge < -0.3 is 4.57 Å². The van der Waals surface area contributed by atoms with E-state index in [2.05, 4.69) is 89.5 Å². The summed E-state index contributed by atoms with van der Waals surface area (Å²) < 4.78 is 2.29. The van der Waals surface area contributed by atoms with E-state index < -0.39 is 0 Å². The Morgan fingerprint density at radius 2 is 1.67 bits per heavy atom. The molecule has 0 bridgehead atoms. The molecule has 170 valence electrons. The summed E-state index contributed by atoms with van der Waals surface area (Å²) in [5.74, 6) is 0.494. The van der Waals surface area contributed by atoms with Crippen molar-refractivity contribution in [3.05, 3.63) is 108 Å². The summed E-state index contributed by atoms with van der Waals surface area (Å²) in [5, 5.41) is 21.7. The molecule has 2 heterocycles. The van der Waals surface area contributed by atoms with E-state index in [0.717, 1.165) is 51.5 Å². The molecule has 1 aliphatic heterocycles. The van der Waals surface area contributed by atoms with Gasteiger partial charge in [-0.15, -0.1) is 11.8 Å². The minimum absolute atomic E-state index is 0.357. The van der Waals surface area contributed by atoms with Crippen LogP contribution in [0.25, 0.3) is 38.6 Å². The van der Waals surface area contributed by atoms with Crippen molar-refractivity contribution in [2.24, 2.45) is 0 Å². The van der Waals surface area contributed by atoms with Crippen molar-refractivity contribution in [2.75, 3.05) is 0 Å². The van der Waals surface area contributed by atoms with Gasteiger partial charge in [0.2, 0.25) is 0 Å². The minimum Gasteiger partial charge on any atom is -0.309 e. The zero-order valence-electron chi connectivity index (χ0n) is 19.5. The fourth-order valence-corrected chi connectivity index (χ4v) is 7.48. The summed E-state index contributed by atoms with van der Waals surface area (Å²) >= 11 is 1.89. The third kappa shape index (κ3) is 3.05. The predicted molar refractivity (Wildman–Crippen MR) is 146 cm³/mol. The second kappa shape index (κ2) is 8.16. The molecule has 0 N–H and O–H groups in total. The van der Waals surface area contributed by atoms with Crippen LogP contribution in [0, 0.1) is 22.7 Å². The van der Waals surface area contributed by atoms with Crippen LogP contribution in [0.15, 0.2) is 101 Å². The van der Waals surface area contributed by atoms with Gasteiger partial charge >= 0.3 is 0 Å². The molecular weight excluding hydrogens is 458 g/mol. The molecule has 36 heavy (non-hydrogen) atoms. The fraction of sp³-hybridized carbons (Fsp3) is 0.125. The monoisotopic (exact) mass is 479 g/mol. The standard InChI is InChI=1S/C32H21N3S/c33-18-20-12-14-24-25-15-13-21(17-31(25)36-30(24)16-20)23-7-1-3-9-27(23)35-28-10-4-2-8-26(28)32-22(19-34)6-5-11-29(32)35/h1-11,13,15-17,24,30H,12,14H2. The number of para-hydroxylation sites is 2. The van der Waals surface area contributed by atoms with E-state index in [1.165, 1.54) is 16.0 Å². The molecular formula is C32H21N3S. The van der Waals surface area contributed by atoms with Crippen LogP contribution >= 0.6 is 11.8 Å². The number of rotatable bonds is 2. The van der Waals surface area contributed by atoms with Gasteiger partial charge in [0, 0.05) is 38.0 Å². The van der Waals surface area contributed by atoms with Crippen LogP contribution in [0.3, 0.4) is 0 Å². The Hall–Kier alpha value is -4.25. The van der Waals surface area contributed by atoms with Crippen molar-refractivity contribution in [1.82, 2.24) is 4.57 Å². The average molecular weight is 480 g/mol. The number of hydrogen-bond acceptors (Lipinski definition) is 3. The molecule has 1 aliphatic carbocycles. The van der Waals surface area contributed by atoms with Crippen LogP contribution in [0.2, 0.25) is 0 Å². The molecule has 4 aromatic carbocycles. The number of fused-ring (bicyclic) bond motifs is 6. The van der Waals surface area contributed by atoms with Crippen LogP contribution in [-0.2, 0) is 0 Å². The van der Waals surface area contributed by atoms with Gasteiger partial charge in [0.1, 0.15) is 0 Å². The molecule has 0 amide bonds. The Bertz CT molecular complexity index is 1810. The summed E-state index contributed by atoms with van der Waals surface area (Å²) in [6.45, 7) is 0. The van der Waals surface area contributed by atoms with E-state index in [4.69, 9.17) is 0 Å². The number of nitrogens with zero attached hydrogens (tertiary/aromatic N) is 3. The number of hydrogen-bond donors (Lipinski definition) is 0. The first kappa shape index (κ1) is 21.1. The Labute approximate surface area is 213 Å². The van der Waals surface area contributed by atoms with Gasteiger partial charge in [-0.2, -0.15) is 10.5 Å². The van der Waals surface area contributed by atoms with E-state index in [1.807, 2.05) is 30.0 Å². The third-order valence-electron chi connectivity index (χ3n) is 7.58. The highest BCUT2D eigenvalue weighted by Gasteiger charge is 2.35. The summed E-state index contributed by atoms with van der Waals surface area (Å²) in [5.41, 5.74) is 8.61. The van der Waals surface area contributed by atoms with Crippen molar-refractivity contribution in [3.8, 4) is 29.0 Å². The third-order valence-corrected chi connectivity index (χ3v) is 8.92. The lowest BCUT2D eigenvalue weighted by molar-refractivity contribution is 0.623. The molecule has 1 aromatic heterocycles. The van der Waals surface area contributed by atoms with Crippen molar-refractivity contribution in [3.63, 3.8) is 0 Å². The second-order valence-corrected chi connectivity index (χ2v) is 10.7. The van der Waals surface area contributed by atoms with Gasteiger partial charge in [0.15, 0.2) is 0 Å². The zero-order chi connectivity index (χ0) is 24.2. The van der Waals surface area contributed by atoms with Crippen LogP contribution in [0.4, 0.5) is 0 Å². The number of allylic oxidation sites excluding steroid dienone is 1. The zero-order valence-corrected chi connectivity index (χ0v) is 20.3. The number of thioether (sulfide) groups is 1. The maximum Gasteiger partial charge on any atom is 0.0998 e. The van der Waals surface area contributed by atoms with Gasteiger partial charge in [-0.3, -0.25) is 0 Å². The van der Waals surface area contributed by atoms with Crippen LogP contribution in [0.5, 0.6) is 0 Å². The highest BCUT2D eigenvalue weighted by Crippen LogP contribution is 2.52. The Morgan fingerprint density at radius 1 is 0.833 bits per heavy atom. The van der Waals surface area contributed by atoms with Crippen molar-refractivity contribution in [2.45, 2.75) is 28.9 Å². The smallest absolute Gasteiger partial charge is 0.0998 e. The lowest BCUT2D eigenvalue weighted by Gasteiger charge is -2.21. The predicted octanol–water partition coefficient (Wildman–Crippen LogP) is 8.12. The largest absolute Gasteiger partial charge is 0.309 e. The van der Waals surface area contributed by atoms with Gasteiger partial charge in [-0.25, -0.2) is 0 Å². The minimum atomic E-state index is 0.357. The molecule has 4 heteroatoms. The summed E-state index contributed by atoms with van der Waals surface area (Å²) in [6.07, 6.45) is 4.10. The maximum atomic E-state index is 9.83. The van der Waals surface area contributed by atoms with Crippen LogP contribution in [0.1, 0.15) is 29.9 Å². The average Bonchev–Trinajstić information content (AvgIpc) is 3.47. The number of nitriles is 2. The first-order valence-corrected chi connectivity index (χ1v) is 13.1. The van der Waals surface area contributed by atoms with E-state index in [0.29, 0.717) is 16.7 Å². The van der Waals surface area contributed by atoms with Gasteiger partial charge in [-0.1, -0.05) is 60.7 Å². The summed E-state index contributed by atoms with van der Waals surface area (Å²) in [6, 6.07) is 34.5.